The van der Waals surface area contributed by atoms with Gasteiger partial charge >= 0.3 is 0 Å². The predicted octanol–water partition coefficient (Wildman–Crippen LogP) is 0.307. The Balaban J connectivity index is 2.45. The molecule has 0 spiro atoms. The van der Waals surface area contributed by atoms with Gasteiger partial charge in [-0.3, -0.25) is 0 Å². The molecule has 1 aliphatic carbocycles. The van der Waals surface area contributed by atoms with Crippen LogP contribution in [0.2, 0.25) is 0 Å². The summed E-state index contributed by atoms with van der Waals surface area (Å²) >= 11 is 0. The summed E-state index contributed by atoms with van der Waals surface area (Å²) in [4.78, 5) is 0. The Morgan fingerprint density at radius 2 is 1.94 bits per heavy atom. The maximum Gasteiger partial charge on any atom is 0.151 e. The lowest BCUT2D eigenvalue weighted by Gasteiger charge is -2.10. The zero-order valence-corrected chi connectivity index (χ0v) is 10.7. The fourth-order valence-electron chi connectivity index (χ4n) is 2.76. The van der Waals surface area contributed by atoms with E-state index in [0.717, 1.165) is 6.26 Å². The lowest BCUT2D eigenvalue weighted by molar-refractivity contribution is 0.130. The summed E-state index contributed by atoms with van der Waals surface area (Å²) < 4.78 is 36.5. The number of halogens is 1. The van der Waals surface area contributed by atoms with Crippen LogP contribution >= 0.6 is 0 Å². The first-order valence-corrected chi connectivity index (χ1v) is 7.48. The number of sulfone groups is 1. The molecule has 0 saturated heterocycles. The molecule has 1 saturated carbocycles. The third kappa shape index (κ3) is 1.94. The Hall–Kier alpha value is -0.980. The molecule has 4 nitrogen and oxygen atoms in total. The minimum atomic E-state index is -3.41. The lowest BCUT2D eigenvalue weighted by atomic mass is 10.0. The highest BCUT2D eigenvalue weighted by Gasteiger charge is 2.69. The summed E-state index contributed by atoms with van der Waals surface area (Å²) in [6.07, 6.45) is 1.07. The Morgan fingerprint density at radius 1 is 1.33 bits per heavy atom. The Bertz CT molecular complexity index is 551. The van der Waals surface area contributed by atoms with Gasteiger partial charge in [-0.2, -0.15) is 0 Å². The minimum absolute atomic E-state index is 0.442. The van der Waals surface area contributed by atoms with E-state index in [-0.39, 0.29) is 0 Å². The molecule has 2 rings (SSSR count). The first-order chi connectivity index (χ1) is 8.36. The van der Waals surface area contributed by atoms with Crippen molar-refractivity contribution in [1.29, 1.82) is 0 Å². The van der Waals surface area contributed by atoms with Crippen molar-refractivity contribution in [3.05, 3.63) is 35.6 Å². The first kappa shape index (κ1) is 13.5. The second-order valence-corrected chi connectivity index (χ2v) is 7.00. The standard InChI is InChI=1S/C12H15FO4S/c1-18(16,17)11-10(12(11,6-14)7-15)8-3-2-4-9(13)5-8/h2-5,10-11,14-15H,6-7H2,1H3/t10-,11-/m0/s1. The Kier molecular flexibility index (Phi) is 3.21. The van der Waals surface area contributed by atoms with Gasteiger partial charge in [0, 0.05) is 17.6 Å². The molecule has 1 aromatic carbocycles. The average molecular weight is 274 g/mol. The molecule has 0 unspecified atom stereocenters. The van der Waals surface area contributed by atoms with E-state index in [2.05, 4.69) is 0 Å². The van der Waals surface area contributed by atoms with Crippen LogP contribution in [-0.4, -0.2) is 43.4 Å². The molecule has 0 bridgehead atoms. The Labute approximate surface area is 105 Å². The topological polar surface area (TPSA) is 74.6 Å². The fourth-order valence-corrected chi connectivity index (χ4v) is 4.75. The van der Waals surface area contributed by atoms with Gasteiger partial charge in [0.1, 0.15) is 5.82 Å². The van der Waals surface area contributed by atoms with E-state index in [0.29, 0.717) is 5.56 Å². The largest absolute Gasteiger partial charge is 0.396 e. The molecule has 2 atom stereocenters. The maximum atomic E-state index is 13.2. The van der Waals surface area contributed by atoms with Gasteiger partial charge in [-0.15, -0.1) is 0 Å². The monoisotopic (exact) mass is 274 g/mol. The molecule has 1 fully saturated rings. The van der Waals surface area contributed by atoms with E-state index in [4.69, 9.17) is 0 Å². The van der Waals surface area contributed by atoms with Crippen molar-refractivity contribution in [2.45, 2.75) is 11.2 Å². The lowest BCUT2D eigenvalue weighted by Crippen LogP contribution is -2.22. The maximum absolute atomic E-state index is 13.2. The highest BCUT2D eigenvalue weighted by atomic mass is 32.2. The van der Waals surface area contributed by atoms with Gasteiger partial charge in [0.2, 0.25) is 0 Å². The molecule has 0 amide bonds. The van der Waals surface area contributed by atoms with Gasteiger partial charge < -0.3 is 10.2 Å². The zero-order chi connectivity index (χ0) is 13.6. The molecule has 0 aromatic heterocycles. The SMILES string of the molecule is CS(=O)(=O)[C@H]1[C@H](c2cccc(F)c2)C1(CO)CO. The molecular weight excluding hydrogens is 259 g/mol. The van der Waals surface area contributed by atoms with Crippen molar-refractivity contribution in [2.24, 2.45) is 5.41 Å². The van der Waals surface area contributed by atoms with Crippen molar-refractivity contribution in [1.82, 2.24) is 0 Å². The van der Waals surface area contributed by atoms with Crippen LogP contribution in [0.1, 0.15) is 11.5 Å². The molecule has 0 aliphatic heterocycles. The summed E-state index contributed by atoms with van der Waals surface area (Å²) in [6, 6.07) is 5.61. The van der Waals surface area contributed by atoms with Crippen molar-refractivity contribution in [3.8, 4) is 0 Å². The van der Waals surface area contributed by atoms with Crippen LogP contribution in [0, 0.1) is 11.2 Å². The molecule has 0 radical (unpaired) electrons. The molecule has 2 N–H and O–H groups in total. The molecular formula is C12H15FO4S. The van der Waals surface area contributed by atoms with E-state index < -0.39 is 45.5 Å². The van der Waals surface area contributed by atoms with Crippen molar-refractivity contribution < 1.29 is 23.0 Å². The average Bonchev–Trinajstić information content (AvgIpc) is 2.98. The highest BCUT2D eigenvalue weighted by Crippen LogP contribution is 2.62. The molecule has 1 aliphatic rings. The molecule has 6 heteroatoms. The summed E-state index contributed by atoms with van der Waals surface area (Å²) in [6.45, 7) is -0.884. The predicted molar refractivity (Wildman–Crippen MR) is 64.4 cm³/mol. The molecule has 1 aromatic rings. The van der Waals surface area contributed by atoms with Gasteiger partial charge in [0.05, 0.1) is 18.5 Å². The second kappa shape index (κ2) is 4.29. The van der Waals surface area contributed by atoms with Crippen molar-refractivity contribution in [3.63, 3.8) is 0 Å². The smallest absolute Gasteiger partial charge is 0.151 e. The third-order valence-corrected chi connectivity index (χ3v) is 5.30. The van der Waals surface area contributed by atoms with E-state index in [1.54, 1.807) is 6.07 Å². The van der Waals surface area contributed by atoms with E-state index in [1.807, 2.05) is 0 Å². The normalized spacial score (nSPS) is 26.0. The first-order valence-electron chi connectivity index (χ1n) is 5.53. The molecule has 18 heavy (non-hydrogen) atoms. The van der Waals surface area contributed by atoms with E-state index in [9.17, 15) is 23.0 Å². The van der Waals surface area contributed by atoms with Crippen LogP contribution in [0.3, 0.4) is 0 Å². The molecule has 100 valence electrons. The highest BCUT2D eigenvalue weighted by molar-refractivity contribution is 7.91. The quantitative estimate of drug-likeness (QED) is 0.828. The van der Waals surface area contributed by atoms with Gasteiger partial charge in [-0.05, 0) is 17.7 Å². The van der Waals surface area contributed by atoms with Crippen molar-refractivity contribution in [2.75, 3.05) is 19.5 Å². The summed E-state index contributed by atoms with van der Waals surface area (Å²) in [7, 11) is -3.41. The van der Waals surface area contributed by atoms with Gasteiger partial charge in [0.25, 0.3) is 0 Å². The van der Waals surface area contributed by atoms with Crippen LogP contribution in [0.15, 0.2) is 24.3 Å². The Morgan fingerprint density at radius 3 is 2.33 bits per heavy atom. The third-order valence-electron chi connectivity index (χ3n) is 3.64. The summed E-state index contributed by atoms with van der Waals surface area (Å²) in [5.41, 5.74) is -0.602. The van der Waals surface area contributed by atoms with Gasteiger partial charge in [-0.25, -0.2) is 12.8 Å². The number of hydrogen-bond acceptors (Lipinski definition) is 4. The molecule has 0 heterocycles. The number of rotatable bonds is 4. The number of aliphatic hydroxyl groups is 2. The van der Waals surface area contributed by atoms with Gasteiger partial charge in [-0.1, -0.05) is 12.1 Å². The zero-order valence-electron chi connectivity index (χ0n) is 9.88. The second-order valence-electron chi connectivity index (χ2n) is 4.83. The van der Waals surface area contributed by atoms with Gasteiger partial charge in [0.15, 0.2) is 9.84 Å². The van der Waals surface area contributed by atoms with Crippen LogP contribution in [0.4, 0.5) is 4.39 Å². The van der Waals surface area contributed by atoms with Crippen molar-refractivity contribution >= 4 is 9.84 Å². The van der Waals surface area contributed by atoms with Crippen LogP contribution in [0.25, 0.3) is 0 Å². The number of benzene rings is 1. The number of hydrogen-bond donors (Lipinski definition) is 2. The van der Waals surface area contributed by atoms with Crippen LogP contribution in [0.5, 0.6) is 0 Å². The fraction of sp³-hybridized carbons (Fsp3) is 0.500. The van der Waals surface area contributed by atoms with E-state index in [1.165, 1.54) is 18.2 Å². The summed E-state index contributed by atoms with van der Waals surface area (Å²) in [5.74, 6) is -1.02. The van der Waals surface area contributed by atoms with E-state index >= 15 is 0 Å². The number of aliphatic hydroxyl groups excluding tert-OH is 2. The van der Waals surface area contributed by atoms with Crippen LogP contribution < -0.4 is 0 Å². The van der Waals surface area contributed by atoms with Crippen LogP contribution in [-0.2, 0) is 9.84 Å². The minimum Gasteiger partial charge on any atom is -0.396 e. The summed E-state index contributed by atoms with van der Waals surface area (Å²) in [5, 5.41) is 17.9.